The van der Waals surface area contributed by atoms with Gasteiger partial charge in [0.15, 0.2) is 0 Å². The third-order valence-electron chi connectivity index (χ3n) is 3.52. The first-order valence-corrected chi connectivity index (χ1v) is 8.20. The topological polar surface area (TPSA) is 0 Å². The minimum absolute atomic E-state index is 0.583. The van der Waals surface area contributed by atoms with Gasteiger partial charge in [0.25, 0.3) is 0 Å². The molecule has 0 amide bonds. The number of hydrogen-bond acceptors (Lipinski definition) is 0. The van der Waals surface area contributed by atoms with Gasteiger partial charge in [-0.1, -0.05) is 0 Å². The summed E-state index contributed by atoms with van der Waals surface area (Å²) in [5.41, 5.74) is 5.67. The van der Waals surface area contributed by atoms with Crippen molar-refractivity contribution < 1.29 is 0 Å². The summed E-state index contributed by atoms with van der Waals surface area (Å²) in [5.74, 6) is 1.17. The van der Waals surface area contributed by atoms with Crippen LogP contribution in [0.5, 0.6) is 0 Å². The molecule has 2 aromatic rings. The van der Waals surface area contributed by atoms with Gasteiger partial charge in [-0.3, -0.25) is 0 Å². The molecule has 0 spiro atoms. The Bertz CT molecular complexity index is 524. The van der Waals surface area contributed by atoms with E-state index in [-0.39, 0.29) is 0 Å². The summed E-state index contributed by atoms with van der Waals surface area (Å²) >= 11 is 1.86. The molecule has 0 saturated heterocycles. The first-order chi connectivity index (χ1) is 9.00. The molecule has 2 aromatic carbocycles. The van der Waals surface area contributed by atoms with Gasteiger partial charge in [-0.05, 0) is 0 Å². The molecular weight excluding hydrogens is 338 g/mol. The summed E-state index contributed by atoms with van der Waals surface area (Å²) in [6.45, 7) is 9.15. The van der Waals surface area contributed by atoms with Crippen molar-refractivity contribution in [3.8, 4) is 11.1 Å². The maximum atomic E-state index is 2.37. The van der Waals surface area contributed by atoms with Crippen molar-refractivity contribution in [2.75, 3.05) is 0 Å². The molecule has 0 atom stereocenters. The fraction of sp³-hybridized carbons (Fsp3) is 0.333. The molecule has 0 fully saturated rings. The van der Waals surface area contributed by atoms with E-state index in [0.717, 1.165) is 0 Å². The van der Waals surface area contributed by atoms with Crippen LogP contribution in [0, 0.1) is 0 Å². The van der Waals surface area contributed by atoms with Crippen LogP contribution in [0.4, 0.5) is 0 Å². The van der Waals surface area contributed by atoms with Crippen LogP contribution in [-0.2, 0) is 0 Å². The van der Waals surface area contributed by atoms with Gasteiger partial charge in [0.2, 0.25) is 0 Å². The fourth-order valence-corrected chi connectivity index (χ4v) is 4.20. The second kappa shape index (κ2) is 6.14. The van der Waals surface area contributed by atoms with Crippen LogP contribution >= 0.6 is 0 Å². The van der Waals surface area contributed by atoms with E-state index in [1.807, 2.05) is 23.0 Å². The maximum absolute atomic E-state index is 2.37. The zero-order chi connectivity index (χ0) is 14.0. The zero-order valence-corrected chi connectivity index (χ0v) is 14.7. The second-order valence-corrected chi connectivity index (χ2v) is 6.96. The zero-order valence-electron chi connectivity index (χ0n) is 12.1. The molecule has 0 aliphatic rings. The van der Waals surface area contributed by atoms with Gasteiger partial charge in [-0.2, -0.15) is 0 Å². The molecule has 0 aliphatic carbocycles. The van der Waals surface area contributed by atoms with Gasteiger partial charge >= 0.3 is 131 Å². The Balaban J connectivity index is 2.63. The van der Waals surface area contributed by atoms with Crippen LogP contribution < -0.4 is 3.51 Å². The van der Waals surface area contributed by atoms with Crippen LogP contribution in [-0.4, -0.2) is 23.0 Å². The molecule has 19 heavy (non-hydrogen) atoms. The van der Waals surface area contributed by atoms with E-state index in [1.165, 1.54) is 25.8 Å². The van der Waals surface area contributed by atoms with Crippen molar-refractivity contribution in [1.82, 2.24) is 0 Å². The Labute approximate surface area is 130 Å². The Morgan fingerprint density at radius 3 is 1.63 bits per heavy atom. The van der Waals surface area contributed by atoms with E-state index in [9.17, 15) is 0 Å². The van der Waals surface area contributed by atoms with Crippen molar-refractivity contribution in [2.45, 2.75) is 39.5 Å². The van der Waals surface area contributed by atoms with Crippen molar-refractivity contribution in [2.24, 2.45) is 0 Å². The SMILES string of the molecule is CC(C)c1cc(-c2ccccc2)cc(C(C)C)[c]1[Sb]. The summed E-state index contributed by atoms with van der Waals surface area (Å²) in [5, 5.41) is 0. The molecule has 0 nitrogen and oxygen atoms in total. The molecule has 1 heteroatoms. The Hall–Kier alpha value is -0.742. The van der Waals surface area contributed by atoms with E-state index in [2.05, 4.69) is 70.2 Å². The van der Waals surface area contributed by atoms with E-state index in [4.69, 9.17) is 0 Å². The summed E-state index contributed by atoms with van der Waals surface area (Å²) in [6.07, 6.45) is 0. The summed E-state index contributed by atoms with van der Waals surface area (Å²) in [7, 11) is 0. The summed E-state index contributed by atoms with van der Waals surface area (Å²) in [6, 6.07) is 15.4. The third-order valence-corrected chi connectivity index (χ3v) is 4.99. The van der Waals surface area contributed by atoms with Crippen LogP contribution in [0.25, 0.3) is 11.1 Å². The average molecular weight is 359 g/mol. The van der Waals surface area contributed by atoms with Crippen LogP contribution in [0.1, 0.15) is 50.7 Å². The Morgan fingerprint density at radius 1 is 0.737 bits per heavy atom. The van der Waals surface area contributed by atoms with Crippen molar-refractivity contribution in [3.63, 3.8) is 0 Å². The normalized spacial score (nSPS) is 11.3. The van der Waals surface area contributed by atoms with Crippen molar-refractivity contribution in [3.05, 3.63) is 53.6 Å². The molecule has 0 N–H and O–H groups in total. The number of hydrogen-bond donors (Lipinski definition) is 0. The van der Waals surface area contributed by atoms with Crippen LogP contribution in [0.2, 0.25) is 0 Å². The fourth-order valence-electron chi connectivity index (χ4n) is 2.36. The van der Waals surface area contributed by atoms with E-state index in [0.29, 0.717) is 11.8 Å². The summed E-state index contributed by atoms with van der Waals surface area (Å²) < 4.78 is 1.51. The molecule has 0 unspecified atom stereocenters. The predicted molar refractivity (Wildman–Crippen MR) is 85.4 cm³/mol. The van der Waals surface area contributed by atoms with Gasteiger partial charge < -0.3 is 0 Å². The average Bonchev–Trinajstić information content (AvgIpc) is 2.39. The third kappa shape index (κ3) is 3.23. The molecule has 0 bridgehead atoms. The summed E-state index contributed by atoms with van der Waals surface area (Å²) in [4.78, 5) is 0. The minimum atomic E-state index is 0.583. The molecule has 2 rings (SSSR count). The van der Waals surface area contributed by atoms with Crippen LogP contribution in [0.15, 0.2) is 42.5 Å². The Kier molecular flexibility index (Phi) is 4.74. The molecule has 0 heterocycles. The second-order valence-electron chi connectivity index (χ2n) is 5.68. The predicted octanol–water partition coefficient (Wildman–Crippen LogP) is 4.39. The van der Waals surface area contributed by atoms with Gasteiger partial charge in [-0.15, -0.1) is 0 Å². The van der Waals surface area contributed by atoms with E-state index < -0.39 is 0 Å². The molecule has 0 aromatic heterocycles. The van der Waals surface area contributed by atoms with E-state index >= 15 is 0 Å². The first-order valence-electron chi connectivity index (χ1n) is 6.93. The van der Waals surface area contributed by atoms with Gasteiger partial charge in [0.05, 0.1) is 0 Å². The molecule has 98 valence electrons. The van der Waals surface area contributed by atoms with Gasteiger partial charge in [-0.25, -0.2) is 0 Å². The van der Waals surface area contributed by atoms with E-state index in [1.54, 1.807) is 0 Å². The quantitative estimate of drug-likeness (QED) is 0.713. The molecular formula is C18H21Sb. The van der Waals surface area contributed by atoms with Crippen molar-refractivity contribution >= 4 is 26.5 Å². The van der Waals surface area contributed by atoms with Gasteiger partial charge in [0.1, 0.15) is 0 Å². The monoisotopic (exact) mass is 358 g/mol. The van der Waals surface area contributed by atoms with Crippen molar-refractivity contribution in [1.29, 1.82) is 0 Å². The molecule has 0 aliphatic heterocycles. The van der Waals surface area contributed by atoms with Gasteiger partial charge in [0, 0.05) is 0 Å². The number of rotatable bonds is 3. The molecule has 2 radical (unpaired) electrons. The molecule has 0 saturated carbocycles. The first kappa shape index (κ1) is 14.7. The standard InChI is InChI=1S/C18H21.Sb/c1-13(2)16-10-17(14(3)4)12-18(11-16)15-8-6-5-7-9-15;/h5-9,11-14H,1-4H3;. The number of benzene rings is 2. The Morgan fingerprint density at radius 2 is 1.21 bits per heavy atom. The van der Waals surface area contributed by atoms with Crippen LogP contribution in [0.3, 0.4) is 0 Å².